The van der Waals surface area contributed by atoms with E-state index in [0.717, 1.165) is 27.8 Å². The van der Waals surface area contributed by atoms with Gasteiger partial charge in [0.05, 0.1) is 5.39 Å². The highest BCUT2D eigenvalue weighted by molar-refractivity contribution is 9.10. The smallest absolute Gasteiger partial charge is 0.352 e. The first kappa shape index (κ1) is 14.9. The molecule has 0 fully saturated rings. The fourth-order valence-corrected chi connectivity index (χ4v) is 3.38. The van der Waals surface area contributed by atoms with Gasteiger partial charge in [0.15, 0.2) is 0 Å². The van der Waals surface area contributed by atoms with Crippen molar-refractivity contribution in [2.75, 3.05) is 0 Å². The number of fused-ring (bicyclic) bond motifs is 1. The zero-order valence-electron chi connectivity index (χ0n) is 12.9. The van der Waals surface area contributed by atoms with Gasteiger partial charge in [-0.25, -0.2) is 9.48 Å². The molecule has 24 heavy (non-hydrogen) atoms. The second-order valence-corrected chi connectivity index (χ2v) is 6.26. The van der Waals surface area contributed by atoms with Crippen molar-refractivity contribution in [1.29, 1.82) is 0 Å². The lowest BCUT2D eigenvalue weighted by Gasteiger charge is -2.07. The summed E-state index contributed by atoms with van der Waals surface area (Å²) in [7, 11) is 1.78. The third-order valence-corrected chi connectivity index (χ3v) is 4.66. The predicted octanol–water partition coefficient (Wildman–Crippen LogP) is 4.62. The highest BCUT2D eigenvalue weighted by Crippen LogP contribution is 2.38. The number of nitrogens with zero attached hydrogens (tertiary/aromatic N) is 2. The molecule has 0 bridgehead atoms. The third kappa shape index (κ3) is 2.29. The van der Waals surface area contributed by atoms with Gasteiger partial charge >= 0.3 is 5.63 Å². The van der Waals surface area contributed by atoms with Crippen LogP contribution in [0.15, 0.2) is 74.3 Å². The molecule has 0 aliphatic carbocycles. The summed E-state index contributed by atoms with van der Waals surface area (Å²) in [6.07, 6.45) is 0. The second kappa shape index (κ2) is 5.76. The first-order valence-electron chi connectivity index (χ1n) is 7.47. The minimum absolute atomic E-state index is 0.409. The molecule has 0 amide bonds. The Kier molecular flexibility index (Phi) is 3.58. The summed E-state index contributed by atoms with van der Waals surface area (Å²) in [5.41, 5.74) is 3.54. The monoisotopic (exact) mass is 380 g/mol. The number of halogens is 1. The summed E-state index contributed by atoms with van der Waals surface area (Å²) >= 11 is 3.41. The van der Waals surface area contributed by atoms with Gasteiger partial charge in [0.2, 0.25) is 5.71 Å². The molecule has 5 heteroatoms. The Morgan fingerprint density at radius 3 is 2.17 bits per heavy atom. The van der Waals surface area contributed by atoms with E-state index in [0.29, 0.717) is 10.2 Å². The molecule has 0 radical (unpaired) electrons. The molecule has 0 N–H and O–H groups in total. The molecule has 0 saturated heterocycles. The molecular weight excluding hydrogens is 368 g/mol. The van der Waals surface area contributed by atoms with Crippen LogP contribution in [0.1, 0.15) is 0 Å². The topological polar surface area (TPSA) is 48.0 Å². The zero-order valence-corrected chi connectivity index (χ0v) is 14.4. The van der Waals surface area contributed by atoms with Gasteiger partial charge in [0.1, 0.15) is 10.2 Å². The first-order valence-corrected chi connectivity index (χ1v) is 8.26. The van der Waals surface area contributed by atoms with Crippen molar-refractivity contribution in [3.8, 4) is 22.4 Å². The van der Waals surface area contributed by atoms with Crippen LogP contribution in [-0.2, 0) is 7.05 Å². The van der Waals surface area contributed by atoms with E-state index in [1.165, 1.54) is 0 Å². The molecule has 0 aliphatic rings. The van der Waals surface area contributed by atoms with Crippen LogP contribution >= 0.6 is 15.9 Å². The fourth-order valence-electron chi connectivity index (χ4n) is 2.87. The second-order valence-electron chi connectivity index (χ2n) is 5.46. The van der Waals surface area contributed by atoms with Crippen molar-refractivity contribution >= 4 is 27.0 Å². The molecule has 2 heterocycles. The van der Waals surface area contributed by atoms with Crippen LogP contribution in [0.5, 0.6) is 0 Å². The van der Waals surface area contributed by atoms with Gasteiger partial charge in [0.25, 0.3) is 0 Å². The van der Waals surface area contributed by atoms with Crippen LogP contribution in [-0.4, -0.2) is 9.78 Å². The van der Waals surface area contributed by atoms with Crippen LogP contribution < -0.4 is 5.63 Å². The standard InChI is InChI=1S/C19H13BrN2O2/c1-22-18-15(17(21-22)13-10-6-3-7-11-13)14(16(20)19(23)24-18)12-8-4-2-5-9-12/h2-11H,1H3. The average molecular weight is 381 g/mol. The van der Waals surface area contributed by atoms with Crippen LogP contribution in [0.3, 0.4) is 0 Å². The molecule has 2 aromatic heterocycles. The Bertz CT molecular complexity index is 1080. The maximum atomic E-state index is 12.3. The highest BCUT2D eigenvalue weighted by Gasteiger charge is 2.22. The molecule has 0 atom stereocenters. The number of aromatic nitrogens is 2. The van der Waals surface area contributed by atoms with E-state index in [4.69, 9.17) is 4.42 Å². The number of benzene rings is 2. The lowest BCUT2D eigenvalue weighted by molar-refractivity contribution is 0.521. The highest BCUT2D eigenvalue weighted by atomic mass is 79.9. The van der Waals surface area contributed by atoms with E-state index >= 15 is 0 Å². The van der Waals surface area contributed by atoms with E-state index in [2.05, 4.69) is 21.0 Å². The van der Waals surface area contributed by atoms with Crippen LogP contribution in [0.4, 0.5) is 0 Å². The Hall–Kier alpha value is -2.66. The summed E-state index contributed by atoms with van der Waals surface area (Å²) < 4.78 is 7.50. The third-order valence-electron chi connectivity index (χ3n) is 3.94. The fraction of sp³-hybridized carbons (Fsp3) is 0.0526. The maximum Gasteiger partial charge on any atom is 0.352 e. The molecule has 4 aromatic rings. The minimum Gasteiger partial charge on any atom is -0.403 e. The zero-order chi connectivity index (χ0) is 16.7. The van der Waals surface area contributed by atoms with Crippen molar-refractivity contribution in [1.82, 2.24) is 9.78 Å². The van der Waals surface area contributed by atoms with E-state index in [-0.39, 0.29) is 0 Å². The van der Waals surface area contributed by atoms with Gasteiger partial charge in [-0.3, -0.25) is 0 Å². The van der Waals surface area contributed by atoms with Gasteiger partial charge in [0, 0.05) is 18.2 Å². The predicted molar refractivity (Wildman–Crippen MR) is 97.8 cm³/mol. The minimum atomic E-state index is -0.413. The number of hydrogen-bond acceptors (Lipinski definition) is 3. The number of rotatable bonds is 2. The van der Waals surface area contributed by atoms with Crippen LogP contribution in [0.25, 0.3) is 33.5 Å². The first-order chi connectivity index (χ1) is 11.7. The van der Waals surface area contributed by atoms with Crippen molar-refractivity contribution < 1.29 is 4.42 Å². The molecule has 0 spiro atoms. The largest absolute Gasteiger partial charge is 0.403 e. The Balaban J connectivity index is 2.18. The molecule has 0 aliphatic heterocycles. The lowest BCUT2D eigenvalue weighted by atomic mass is 10.0. The van der Waals surface area contributed by atoms with Gasteiger partial charge in [-0.1, -0.05) is 60.7 Å². The average Bonchev–Trinajstić information content (AvgIpc) is 2.94. The Morgan fingerprint density at radius 1 is 0.958 bits per heavy atom. The van der Waals surface area contributed by atoms with Crippen molar-refractivity contribution in [3.63, 3.8) is 0 Å². The quantitative estimate of drug-likeness (QED) is 0.509. The molecule has 4 nitrogen and oxygen atoms in total. The van der Waals surface area contributed by atoms with Crippen LogP contribution in [0, 0.1) is 0 Å². The number of aryl methyl sites for hydroxylation is 1. The summed E-state index contributed by atoms with van der Waals surface area (Å²) in [5.74, 6) is 0. The number of hydrogen-bond donors (Lipinski definition) is 0. The van der Waals surface area contributed by atoms with E-state index in [1.807, 2.05) is 60.7 Å². The lowest BCUT2D eigenvalue weighted by Crippen LogP contribution is -2.03. The molecule has 118 valence electrons. The molecule has 4 rings (SSSR count). The summed E-state index contributed by atoms with van der Waals surface area (Å²) in [6, 6.07) is 19.7. The van der Waals surface area contributed by atoms with E-state index < -0.39 is 5.63 Å². The SMILES string of the molecule is Cn1nc(-c2ccccc2)c2c(-c3ccccc3)c(Br)c(=O)oc21. The molecule has 0 unspecified atom stereocenters. The molecule has 0 saturated carbocycles. The Morgan fingerprint density at radius 2 is 1.54 bits per heavy atom. The molecular formula is C19H13BrN2O2. The van der Waals surface area contributed by atoms with E-state index in [1.54, 1.807) is 11.7 Å². The summed E-state index contributed by atoms with van der Waals surface area (Å²) in [4.78, 5) is 12.3. The Labute approximate surface area is 146 Å². The summed E-state index contributed by atoms with van der Waals surface area (Å²) in [6.45, 7) is 0. The van der Waals surface area contributed by atoms with Gasteiger partial charge in [-0.15, -0.1) is 0 Å². The van der Waals surface area contributed by atoms with Gasteiger partial charge in [-0.2, -0.15) is 5.10 Å². The van der Waals surface area contributed by atoms with Crippen LogP contribution in [0.2, 0.25) is 0 Å². The van der Waals surface area contributed by atoms with Gasteiger partial charge < -0.3 is 4.42 Å². The van der Waals surface area contributed by atoms with Gasteiger partial charge in [-0.05, 0) is 21.5 Å². The molecule has 2 aromatic carbocycles. The normalized spacial score (nSPS) is 11.1. The van der Waals surface area contributed by atoms with Crippen molar-refractivity contribution in [3.05, 3.63) is 75.6 Å². The van der Waals surface area contributed by atoms with Crippen molar-refractivity contribution in [2.24, 2.45) is 7.05 Å². The van der Waals surface area contributed by atoms with Crippen molar-refractivity contribution in [2.45, 2.75) is 0 Å². The maximum absolute atomic E-state index is 12.3. The summed E-state index contributed by atoms with van der Waals surface area (Å²) in [5, 5.41) is 5.41. The van der Waals surface area contributed by atoms with E-state index in [9.17, 15) is 4.79 Å².